The van der Waals surface area contributed by atoms with E-state index in [1.165, 1.54) is 4.90 Å². The maximum Gasteiger partial charge on any atom is 0.338 e. The van der Waals surface area contributed by atoms with Crippen molar-refractivity contribution in [3.05, 3.63) is 111 Å². The molecule has 0 spiro atoms. The summed E-state index contributed by atoms with van der Waals surface area (Å²) in [5.74, 6) is -2.34. The van der Waals surface area contributed by atoms with E-state index in [-0.39, 0.29) is 24.5 Å². The van der Waals surface area contributed by atoms with Crippen molar-refractivity contribution in [2.75, 3.05) is 6.61 Å². The van der Waals surface area contributed by atoms with E-state index in [1.807, 2.05) is 6.07 Å². The Balaban J connectivity index is 1.51. The molecular weight excluding hydrogens is 540 g/mol. The maximum atomic E-state index is 13.6. The number of halogens is 1. The van der Waals surface area contributed by atoms with Gasteiger partial charge < -0.3 is 19.2 Å². The SMILES string of the molecule is CCOC(=O)c1ccc(CN2C(=O)C(O)=C(C(=O)c3cc4cc(Br)ccc4o3)C2c2cccnc2)cc1. The highest BCUT2D eigenvalue weighted by Gasteiger charge is 2.44. The molecule has 0 saturated heterocycles. The first-order valence-electron chi connectivity index (χ1n) is 11.5. The lowest BCUT2D eigenvalue weighted by Gasteiger charge is -2.26. The van der Waals surface area contributed by atoms with Gasteiger partial charge in [0.2, 0.25) is 5.78 Å². The van der Waals surface area contributed by atoms with Gasteiger partial charge >= 0.3 is 5.97 Å². The van der Waals surface area contributed by atoms with E-state index in [2.05, 4.69) is 20.9 Å². The van der Waals surface area contributed by atoms with Crippen molar-refractivity contribution in [2.45, 2.75) is 19.5 Å². The Morgan fingerprint density at radius 2 is 1.92 bits per heavy atom. The van der Waals surface area contributed by atoms with Crippen LogP contribution >= 0.6 is 15.9 Å². The number of benzene rings is 2. The van der Waals surface area contributed by atoms with E-state index in [9.17, 15) is 19.5 Å². The number of aliphatic hydroxyl groups is 1. The summed E-state index contributed by atoms with van der Waals surface area (Å²) in [6, 6.07) is 16.1. The number of hydrogen-bond donors (Lipinski definition) is 1. The predicted molar refractivity (Wildman–Crippen MR) is 138 cm³/mol. The quantitative estimate of drug-likeness (QED) is 0.233. The second-order valence-corrected chi connectivity index (χ2v) is 9.34. The number of nitrogens with zero attached hydrogens (tertiary/aromatic N) is 2. The second-order valence-electron chi connectivity index (χ2n) is 8.42. The number of furan rings is 1. The monoisotopic (exact) mass is 560 g/mol. The zero-order valence-corrected chi connectivity index (χ0v) is 21.3. The molecular formula is C28H21BrN2O6. The zero-order valence-electron chi connectivity index (χ0n) is 19.7. The van der Waals surface area contributed by atoms with E-state index in [0.717, 1.165) is 4.47 Å². The van der Waals surface area contributed by atoms with E-state index in [1.54, 1.807) is 73.9 Å². The lowest BCUT2D eigenvalue weighted by molar-refractivity contribution is -0.130. The summed E-state index contributed by atoms with van der Waals surface area (Å²) in [6.07, 6.45) is 3.14. The highest BCUT2D eigenvalue weighted by Crippen LogP contribution is 2.40. The Morgan fingerprint density at radius 3 is 2.62 bits per heavy atom. The van der Waals surface area contributed by atoms with Crippen LogP contribution in [0, 0.1) is 0 Å². The Morgan fingerprint density at radius 1 is 1.14 bits per heavy atom. The minimum absolute atomic E-state index is 0.0111. The van der Waals surface area contributed by atoms with Gasteiger partial charge in [0.15, 0.2) is 11.5 Å². The summed E-state index contributed by atoms with van der Waals surface area (Å²) in [4.78, 5) is 44.4. The first-order valence-corrected chi connectivity index (χ1v) is 12.3. The topological polar surface area (TPSA) is 110 Å². The number of carbonyl (C=O) groups is 3. The number of carbonyl (C=O) groups excluding carboxylic acids is 3. The molecule has 0 fully saturated rings. The van der Waals surface area contributed by atoms with Crippen LogP contribution in [0.1, 0.15) is 45.0 Å². The minimum Gasteiger partial charge on any atom is -0.503 e. The molecule has 0 radical (unpaired) electrons. The van der Waals surface area contributed by atoms with Crippen LogP contribution in [0.25, 0.3) is 11.0 Å². The van der Waals surface area contributed by atoms with Crippen molar-refractivity contribution in [3.63, 3.8) is 0 Å². The summed E-state index contributed by atoms with van der Waals surface area (Å²) >= 11 is 3.40. The fraction of sp³-hybridized carbons (Fsp3) is 0.143. The number of fused-ring (bicyclic) bond motifs is 1. The van der Waals surface area contributed by atoms with Crippen LogP contribution in [-0.2, 0) is 16.1 Å². The molecule has 5 rings (SSSR count). The molecule has 2 aromatic carbocycles. The molecule has 1 unspecified atom stereocenters. The van der Waals surface area contributed by atoms with Crippen LogP contribution in [0.3, 0.4) is 0 Å². The van der Waals surface area contributed by atoms with Crippen molar-refractivity contribution in [1.29, 1.82) is 0 Å². The third-order valence-corrected chi connectivity index (χ3v) is 6.56. The second kappa shape index (κ2) is 10.0. The number of aliphatic hydroxyl groups excluding tert-OH is 1. The van der Waals surface area contributed by atoms with E-state index in [4.69, 9.17) is 9.15 Å². The van der Waals surface area contributed by atoms with Gasteiger partial charge in [-0.2, -0.15) is 0 Å². The number of amides is 1. The highest BCUT2D eigenvalue weighted by molar-refractivity contribution is 9.10. The lowest BCUT2D eigenvalue weighted by atomic mass is 9.96. The first-order chi connectivity index (χ1) is 17.9. The molecule has 1 aliphatic rings. The van der Waals surface area contributed by atoms with Gasteiger partial charge in [-0.1, -0.05) is 34.1 Å². The van der Waals surface area contributed by atoms with Crippen LogP contribution in [0.2, 0.25) is 0 Å². The summed E-state index contributed by atoms with van der Waals surface area (Å²) in [6.45, 7) is 2.07. The molecule has 4 aromatic rings. The van der Waals surface area contributed by atoms with Crippen LogP contribution in [0.5, 0.6) is 0 Å². The number of aromatic nitrogens is 1. The van der Waals surface area contributed by atoms with Crippen LogP contribution in [0.4, 0.5) is 0 Å². The van der Waals surface area contributed by atoms with Crippen LogP contribution in [-0.4, -0.2) is 39.3 Å². The number of esters is 1. The average molecular weight is 561 g/mol. The van der Waals surface area contributed by atoms with Crippen molar-refractivity contribution in [2.24, 2.45) is 0 Å². The summed E-state index contributed by atoms with van der Waals surface area (Å²) in [5.41, 5.74) is 2.07. The van der Waals surface area contributed by atoms with E-state index in [0.29, 0.717) is 27.7 Å². The average Bonchev–Trinajstić information content (AvgIpc) is 3.43. The summed E-state index contributed by atoms with van der Waals surface area (Å²) in [5, 5.41) is 11.6. The van der Waals surface area contributed by atoms with E-state index >= 15 is 0 Å². The molecule has 186 valence electrons. The highest BCUT2D eigenvalue weighted by atomic mass is 79.9. The molecule has 9 heteroatoms. The van der Waals surface area contributed by atoms with Gasteiger partial charge in [0, 0.05) is 28.8 Å². The van der Waals surface area contributed by atoms with Gasteiger partial charge in [0.25, 0.3) is 5.91 Å². The van der Waals surface area contributed by atoms with Crippen molar-refractivity contribution in [1.82, 2.24) is 9.88 Å². The summed E-state index contributed by atoms with van der Waals surface area (Å²) < 4.78 is 11.6. The molecule has 1 atom stereocenters. The largest absolute Gasteiger partial charge is 0.503 e. The van der Waals surface area contributed by atoms with Crippen molar-refractivity contribution in [3.8, 4) is 0 Å². The zero-order chi connectivity index (χ0) is 26.1. The standard InChI is InChI=1S/C28H21BrN2O6/c1-2-36-28(35)17-7-5-16(6-8-17)15-31-24(18-4-3-11-30-14-18)23(26(33)27(31)34)25(32)22-13-19-12-20(29)9-10-21(19)37-22/h3-14,24,33H,2,15H2,1H3. The Bertz CT molecular complexity index is 1540. The molecule has 3 heterocycles. The molecule has 1 amide bonds. The molecule has 0 bridgehead atoms. The number of pyridine rings is 1. The normalized spacial score (nSPS) is 15.5. The number of rotatable bonds is 7. The van der Waals surface area contributed by atoms with Gasteiger partial charge in [-0.15, -0.1) is 0 Å². The van der Waals surface area contributed by atoms with Gasteiger partial charge in [-0.05, 0) is 60.5 Å². The Kier molecular flexibility index (Phi) is 6.62. The van der Waals surface area contributed by atoms with Crippen LogP contribution in [0.15, 0.2) is 93.3 Å². The van der Waals surface area contributed by atoms with Gasteiger partial charge in [0.1, 0.15) is 5.58 Å². The molecule has 8 nitrogen and oxygen atoms in total. The van der Waals surface area contributed by atoms with Gasteiger partial charge in [-0.25, -0.2) is 4.79 Å². The number of ether oxygens (including phenoxy) is 1. The maximum absolute atomic E-state index is 13.6. The van der Waals surface area contributed by atoms with E-state index < -0.39 is 29.5 Å². The number of ketones is 1. The molecule has 1 aliphatic heterocycles. The molecule has 0 saturated carbocycles. The predicted octanol–water partition coefficient (Wildman–Crippen LogP) is 5.55. The smallest absolute Gasteiger partial charge is 0.338 e. The van der Waals surface area contributed by atoms with Crippen molar-refractivity contribution < 1.29 is 28.6 Å². The fourth-order valence-corrected chi connectivity index (χ4v) is 4.73. The lowest BCUT2D eigenvalue weighted by Crippen LogP contribution is -2.30. The first kappa shape index (κ1) is 24.5. The van der Waals surface area contributed by atoms with Gasteiger partial charge in [-0.3, -0.25) is 14.6 Å². The minimum atomic E-state index is -0.890. The molecule has 0 aliphatic carbocycles. The third kappa shape index (κ3) is 4.65. The fourth-order valence-electron chi connectivity index (χ4n) is 4.35. The molecule has 2 aromatic heterocycles. The number of hydrogen-bond acceptors (Lipinski definition) is 7. The van der Waals surface area contributed by atoms with Crippen LogP contribution < -0.4 is 0 Å². The third-order valence-electron chi connectivity index (χ3n) is 6.07. The van der Waals surface area contributed by atoms with Gasteiger partial charge in [0.05, 0.1) is 23.8 Å². The Labute approximate surface area is 220 Å². The molecule has 37 heavy (non-hydrogen) atoms. The Hall–Kier alpha value is -4.24. The molecule has 1 N–H and O–H groups in total. The van der Waals surface area contributed by atoms with Crippen molar-refractivity contribution >= 4 is 44.6 Å². The summed E-state index contributed by atoms with van der Waals surface area (Å²) in [7, 11) is 0. The number of Topliss-reactive ketones (excluding diaryl/α,β-unsaturated/α-hetero) is 1.